The molecule has 0 bridgehead atoms. The lowest BCUT2D eigenvalue weighted by molar-refractivity contribution is -0.121. The zero-order valence-electron chi connectivity index (χ0n) is 17.8. The molecule has 2 aromatic carbocycles. The van der Waals surface area contributed by atoms with E-state index in [1.165, 1.54) is 9.13 Å². The first-order chi connectivity index (χ1) is 15.1. The Labute approximate surface area is 180 Å². The number of aromatic nitrogens is 2. The molecule has 0 aliphatic carbocycles. The zero-order valence-corrected chi connectivity index (χ0v) is 17.8. The number of para-hydroxylation sites is 2. The second kappa shape index (κ2) is 9.31. The Kier molecular flexibility index (Phi) is 6.32. The highest BCUT2D eigenvalue weighted by molar-refractivity contribution is 5.80. The van der Waals surface area contributed by atoms with Crippen LogP contribution in [0, 0.1) is 0 Å². The summed E-state index contributed by atoms with van der Waals surface area (Å²) >= 11 is 0. The van der Waals surface area contributed by atoms with E-state index in [-0.39, 0.29) is 12.5 Å². The molecule has 0 radical (unpaired) electrons. The van der Waals surface area contributed by atoms with Crippen molar-refractivity contribution in [3.05, 3.63) is 80.9 Å². The molecule has 1 aromatic heterocycles. The van der Waals surface area contributed by atoms with Crippen molar-refractivity contribution in [3.8, 4) is 0 Å². The van der Waals surface area contributed by atoms with Crippen LogP contribution in [-0.2, 0) is 17.9 Å². The van der Waals surface area contributed by atoms with Crippen molar-refractivity contribution >= 4 is 16.9 Å². The number of likely N-dealkylation sites (N-methyl/N-ethyl adjacent to an activating group) is 1. The minimum absolute atomic E-state index is 0.167. The van der Waals surface area contributed by atoms with Gasteiger partial charge >= 0.3 is 11.1 Å². The van der Waals surface area contributed by atoms with Crippen LogP contribution in [0.4, 0.5) is 0 Å². The van der Waals surface area contributed by atoms with Crippen LogP contribution in [0.3, 0.4) is 0 Å². The van der Waals surface area contributed by atoms with Crippen molar-refractivity contribution < 1.29 is 4.79 Å². The van der Waals surface area contributed by atoms with E-state index in [1.54, 1.807) is 6.07 Å². The summed E-state index contributed by atoms with van der Waals surface area (Å²) < 4.78 is 2.78. The average Bonchev–Trinajstić information content (AvgIpc) is 3.26. The average molecular weight is 421 g/mol. The van der Waals surface area contributed by atoms with E-state index in [4.69, 9.17) is 0 Å². The second-order valence-electron chi connectivity index (χ2n) is 7.99. The van der Waals surface area contributed by atoms with Gasteiger partial charge < -0.3 is 5.32 Å². The van der Waals surface area contributed by atoms with Crippen LogP contribution >= 0.6 is 0 Å². The summed E-state index contributed by atoms with van der Waals surface area (Å²) in [5.74, 6) is -0.254. The molecule has 162 valence electrons. The number of hydrogen-bond donors (Lipinski definition) is 1. The van der Waals surface area contributed by atoms with E-state index in [0.717, 1.165) is 31.5 Å². The second-order valence-corrected chi connectivity index (χ2v) is 7.99. The van der Waals surface area contributed by atoms with E-state index in [1.807, 2.05) is 48.5 Å². The molecule has 0 spiro atoms. The summed E-state index contributed by atoms with van der Waals surface area (Å²) in [7, 11) is 0. The fourth-order valence-electron chi connectivity index (χ4n) is 4.42. The summed E-state index contributed by atoms with van der Waals surface area (Å²) in [6.07, 6.45) is 2.20. The van der Waals surface area contributed by atoms with Gasteiger partial charge in [0.2, 0.25) is 5.91 Å². The highest BCUT2D eigenvalue weighted by atomic mass is 16.2. The Bertz CT molecular complexity index is 1180. The summed E-state index contributed by atoms with van der Waals surface area (Å²) in [6.45, 7) is 4.84. The minimum atomic E-state index is -0.680. The standard InChI is InChI=1S/C24H28N4O3/c1-2-26-14-8-11-19(26)15-25-22(29)17-28-21-13-7-6-12-20(21)27(23(30)24(28)31)16-18-9-4-3-5-10-18/h3-7,9-10,12-13,19H,2,8,11,14-17H2,1H3,(H,25,29). The molecule has 31 heavy (non-hydrogen) atoms. The molecule has 1 N–H and O–H groups in total. The quantitative estimate of drug-likeness (QED) is 0.592. The Morgan fingerprint density at radius 1 is 0.968 bits per heavy atom. The van der Waals surface area contributed by atoms with E-state index in [9.17, 15) is 14.4 Å². The lowest BCUT2D eigenvalue weighted by atomic mass is 10.2. The van der Waals surface area contributed by atoms with Crippen LogP contribution in [0.1, 0.15) is 25.3 Å². The molecule has 4 rings (SSSR count). The Balaban J connectivity index is 1.61. The summed E-state index contributed by atoms with van der Waals surface area (Å²) in [5.41, 5.74) is 0.844. The number of fused-ring (bicyclic) bond motifs is 1. The fraction of sp³-hybridized carbons (Fsp3) is 0.375. The molecular weight excluding hydrogens is 392 g/mol. The van der Waals surface area contributed by atoms with Gasteiger partial charge in [-0.2, -0.15) is 0 Å². The number of rotatable bonds is 7. The molecule has 1 aliphatic heterocycles. The molecule has 1 amide bonds. The monoisotopic (exact) mass is 420 g/mol. The molecular formula is C24H28N4O3. The number of carbonyl (C=O) groups is 1. The third-order valence-electron chi connectivity index (χ3n) is 6.06. The van der Waals surface area contributed by atoms with Gasteiger partial charge in [0.15, 0.2) is 0 Å². The number of benzene rings is 2. The third kappa shape index (κ3) is 4.46. The first-order valence-corrected chi connectivity index (χ1v) is 10.9. The van der Waals surface area contributed by atoms with E-state index in [2.05, 4.69) is 17.1 Å². The number of nitrogens with zero attached hydrogens (tertiary/aromatic N) is 3. The molecule has 1 fully saturated rings. The van der Waals surface area contributed by atoms with Crippen molar-refractivity contribution in [2.24, 2.45) is 0 Å². The van der Waals surface area contributed by atoms with Gasteiger partial charge in [0.1, 0.15) is 6.54 Å². The molecule has 2 heterocycles. The summed E-state index contributed by atoms with van der Waals surface area (Å²) in [4.78, 5) is 40.9. The maximum absolute atomic E-state index is 12.9. The lowest BCUT2D eigenvalue weighted by Crippen LogP contribution is -2.45. The molecule has 0 saturated carbocycles. The lowest BCUT2D eigenvalue weighted by Gasteiger charge is -2.23. The van der Waals surface area contributed by atoms with Gasteiger partial charge in [0.25, 0.3) is 0 Å². The molecule has 1 atom stereocenters. The number of nitrogens with one attached hydrogen (secondary N) is 1. The van der Waals surface area contributed by atoms with Gasteiger partial charge in [-0.05, 0) is 43.6 Å². The van der Waals surface area contributed by atoms with Crippen LogP contribution in [0.15, 0.2) is 64.2 Å². The van der Waals surface area contributed by atoms with Crippen LogP contribution in [0.5, 0.6) is 0 Å². The molecule has 3 aromatic rings. The molecule has 1 aliphatic rings. The van der Waals surface area contributed by atoms with Crippen LogP contribution in [0.2, 0.25) is 0 Å². The smallest absolute Gasteiger partial charge is 0.317 e. The number of hydrogen-bond acceptors (Lipinski definition) is 4. The van der Waals surface area contributed by atoms with Crippen molar-refractivity contribution in [1.82, 2.24) is 19.4 Å². The predicted molar refractivity (Wildman–Crippen MR) is 121 cm³/mol. The normalized spacial score (nSPS) is 16.6. The number of carbonyl (C=O) groups excluding carboxylic acids is 1. The van der Waals surface area contributed by atoms with Crippen LogP contribution in [-0.4, -0.2) is 45.6 Å². The van der Waals surface area contributed by atoms with Gasteiger partial charge in [-0.25, -0.2) is 0 Å². The maximum Gasteiger partial charge on any atom is 0.317 e. The Morgan fingerprint density at radius 2 is 1.61 bits per heavy atom. The van der Waals surface area contributed by atoms with Gasteiger partial charge in [0, 0.05) is 12.6 Å². The predicted octanol–water partition coefficient (Wildman–Crippen LogP) is 1.81. The summed E-state index contributed by atoms with van der Waals surface area (Å²) in [6, 6.07) is 17.1. The molecule has 7 heteroatoms. The first kappa shape index (κ1) is 21.1. The largest absolute Gasteiger partial charge is 0.353 e. The third-order valence-corrected chi connectivity index (χ3v) is 6.06. The van der Waals surface area contributed by atoms with Crippen molar-refractivity contribution in [1.29, 1.82) is 0 Å². The van der Waals surface area contributed by atoms with Gasteiger partial charge in [-0.1, -0.05) is 49.4 Å². The SMILES string of the molecule is CCN1CCCC1CNC(=O)Cn1c(=O)c(=O)n(Cc2ccccc2)c2ccccc21. The Morgan fingerprint density at radius 3 is 2.32 bits per heavy atom. The molecule has 1 saturated heterocycles. The summed E-state index contributed by atoms with van der Waals surface area (Å²) in [5, 5.41) is 2.95. The van der Waals surface area contributed by atoms with E-state index < -0.39 is 11.1 Å². The van der Waals surface area contributed by atoms with Gasteiger partial charge in [-0.15, -0.1) is 0 Å². The fourth-order valence-corrected chi connectivity index (χ4v) is 4.42. The zero-order chi connectivity index (χ0) is 21.8. The highest BCUT2D eigenvalue weighted by Crippen LogP contribution is 2.16. The first-order valence-electron chi connectivity index (χ1n) is 10.9. The van der Waals surface area contributed by atoms with Crippen LogP contribution in [0.25, 0.3) is 11.0 Å². The van der Waals surface area contributed by atoms with Gasteiger partial charge in [0.05, 0.1) is 17.6 Å². The van der Waals surface area contributed by atoms with Gasteiger partial charge in [-0.3, -0.25) is 28.4 Å². The van der Waals surface area contributed by atoms with Crippen molar-refractivity contribution in [2.75, 3.05) is 19.6 Å². The van der Waals surface area contributed by atoms with Crippen molar-refractivity contribution in [2.45, 2.75) is 38.9 Å². The van der Waals surface area contributed by atoms with Crippen LogP contribution < -0.4 is 16.4 Å². The topological polar surface area (TPSA) is 76.3 Å². The maximum atomic E-state index is 12.9. The highest BCUT2D eigenvalue weighted by Gasteiger charge is 2.23. The van der Waals surface area contributed by atoms with E-state index >= 15 is 0 Å². The minimum Gasteiger partial charge on any atom is -0.353 e. The Hall–Kier alpha value is -3.19. The molecule has 1 unspecified atom stereocenters. The molecule has 7 nitrogen and oxygen atoms in total. The number of amides is 1. The number of likely N-dealkylation sites (tertiary alicyclic amines) is 1. The van der Waals surface area contributed by atoms with Crippen molar-refractivity contribution in [3.63, 3.8) is 0 Å². The van der Waals surface area contributed by atoms with E-state index in [0.29, 0.717) is 30.2 Å².